The van der Waals surface area contributed by atoms with Gasteiger partial charge in [0.2, 0.25) is 0 Å². The van der Waals surface area contributed by atoms with Gasteiger partial charge < -0.3 is 10.6 Å². The van der Waals surface area contributed by atoms with Gasteiger partial charge in [-0.15, -0.1) is 0 Å². The predicted molar refractivity (Wildman–Crippen MR) is 60.8 cm³/mol. The van der Waals surface area contributed by atoms with Crippen LogP contribution in [0, 0.1) is 5.92 Å². The van der Waals surface area contributed by atoms with Crippen LogP contribution in [-0.4, -0.2) is 29.0 Å². The fourth-order valence-electron chi connectivity index (χ4n) is 1.67. The lowest BCUT2D eigenvalue weighted by Crippen LogP contribution is -2.37. The van der Waals surface area contributed by atoms with Gasteiger partial charge in [0.15, 0.2) is 0 Å². The molecular formula is C10H20N2S. The van der Waals surface area contributed by atoms with Crippen LogP contribution in [0.1, 0.15) is 33.1 Å². The van der Waals surface area contributed by atoms with Gasteiger partial charge in [-0.1, -0.05) is 19.1 Å². The average molecular weight is 200 g/mol. The van der Waals surface area contributed by atoms with Crippen LogP contribution in [0.3, 0.4) is 0 Å². The van der Waals surface area contributed by atoms with Crippen molar-refractivity contribution in [2.75, 3.05) is 13.1 Å². The molecular weight excluding hydrogens is 180 g/mol. The summed E-state index contributed by atoms with van der Waals surface area (Å²) in [6, 6.07) is 0.517. The van der Waals surface area contributed by atoms with Gasteiger partial charge in [0.25, 0.3) is 0 Å². The van der Waals surface area contributed by atoms with E-state index >= 15 is 0 Å². The maximum Gasteiger partial charge on any atom is 0.0742 e. The topological polar surface area (TPSA) is 29.3 Å². The summed E-state index contributed by atoms with van der Waals surface area (Å²) in [4.78, 5) is 3.12. The molecule has 1 aliphatic rings. The highest BCUT2D eigenvalue weighted by Gasteiger charge is 2.25. The highest BCUT2D eigenvalue weighted by molar-refractivity contribution is 7.80. The van der Waals surface area contributed by atoms with E-state index in [9.17, 15) is 0 Å². The van der Waals surface area contributed by atoms with Crippen molar-refractivity contribution >= 4 is 17.2 Å². The summed E-state index contributed by atoms with van der Waals surface area (Å²) in [6.07, 6.45) is 3.68. The zero-order valence-corrected chi connectivity index (χ0v) is 9.44. The third kappa shape index (κ3) is 4.05. The van der Waals surface area contributed by atoms with Crippen molar-refractivity contribution in [3.8, 4) is 0 Å². The van der Waals surface area contributed by atoms with Crippen molar-refractivity contribution in [3.63, 3.8) is 0 Å². The Morgan fingerprint density at radius 2 is 2.23 bits per heavy atom. The highest BCUT2D eigenvalue weighted by atomic mass is 32.1. The molecule has 0 aromatic rings. The molecule has 3 heteroatoms. The van der Waals surface area contributed by atoms with E-state index in [0.29, 0.717) is 11.0 Å². The second kappa shape index (κ2) is 4.91. The van der Waals surface area contributed by atoms with Crippen molar-refractivity contribution in [1.29, 1.82) is 0 Å². The second-order valence-corrected chi connectivity index (χ2v) is 4.57. The lowest BCUT2D eigenvalue weighted by molar-refractivity contribution is 0.215. The van der Waals surface area contributed by atoms with Gasteiger partial charge in [0.05, 0.1) is 4.99 Å². The van der Waals surface area contributed by atoms with E-state index in [0.717, 1.165) is 18.9 Å². The molecule has 0 aliphatic heterocycles. The molecule has 0 bridgehead atoms. The maximum absolute atomic E-state index is 5.54. The Labute approximate surface area is 86.5 Å². The molecule has 13 heavy (non-hydrogen) atoms. The zero-order valence-electron chi connectivity index (χ0n) is 8.62. The number of hydrogen-bond acceptors (Lipinski definition) is 2. The Balaban J connectivity index is 2.29. The minimum atomic E-state index is 0.517. The lowest BCUT2D eigenvalue weighted by Gasteiger charge is -2.27. The van der Waals surface area contributed by atoms with Crippen LogP contribution in [0.5, 0.6) is 0 Å². The van der Waals surface area contributed by atoms with Crippen molar-refractivity contribution in [3.05, 3.63) is 0 Å². The summed E-state index contributed by atoms with van der Waals surface area (Å²) >= 11 is 4.92. The first kappa shape index (κ1) is 10.9. The van der Waals surface area contributed by atoms with Crippen LogP contribution >= 0.6 is 12.2 Å². The summed E-state index contributed by atoms with van der Waals surface area (Å²) in [5.74, 6) is 0.953. The Morgan fingerprint density at radius 1 is 1.62 bits per heavy atom. The first-order valence-corrected chi connectivity index (χ1v) is 5.56. The van der Waals surface area contributed by atoms with E-state index in [2.05, 4.69) is 18.7 Å². The van der Waals surface area contributed by atoms with Crippen LogP contribution < -0.4 is 5.73 Å². The van der Waals surface area contributed by atoms with Crippen molar-refractivity contribution in [2.45, 2.75) is 39.2 Å². The number of nitrogens with two attached hydrogens (primary N) is 1. The van der Waals surface area contributed by atoms with Gasteiger partial charge in [-0.3, -0.25) is 0 Å². The molecule has 2 N–H and O–H groups in total. The third-order valence-electron chi connectivity index (χ3n) is 2.72. The molecule has 0 amide bonds. The maximum atomic E-state index is 5.54. The first-order valence-electron chi connectivity index (χ1n) is 5.15. The van der Waals surface area contributed by atoms with Crippen LogP contribution in [0.15, 0.2) is 0 Å². The fraction of sp³-hybridized carbons (Fsp3) is 0.900. The SMILES string of the molecule is CCN(CC1CC1)C(C)CC(N)=S. The van der Waals surface area contributed by atoms with Crippen LogP contribution in [0.4, 0.5) is 0 Å². The van der Waals surface area contributed by atoms with Crippen molar-refractivity contribution < 1.29 is 0 Å². The van der Waals surface area contributed by atoms with E-state index in [1.54, 1.807) is 0 Å². The highest BCUT2D eigenvalue weighted by Crippen LogP contribution is 2.30. The largest absolute Gasteiger partial charge is 0.393 e. The van der Waals surface area contributed by atoms with E-state index in [1.807, 2.05) is 0 Å². The average Bonchev–Trinajstić information content (AvgIpc) is 2.81. The van der Waals surface area contributed by atoms with Crippen molar-refractivity contribution in [1.82, 2.24) is 4.90 Å². The standard InChI is InChI=1S/C10H20N2S/c1-3-12(7-9-4-5-9)8(2)6-10(11)13/h8-9H,3-7H2,1-2H3,(H2,11,13). The smallest absolute Gasteiger partial charge is 0.0742 e. The molecule has 0 aromatic heterocycles. The monoisotopic (exact) mass is 200 g/mol. The quantitative estimate of drug-likeness (QED) is 0.663. The molecule has 0 saturated heterocycles. The molecule has 0 spiro atoms. The summed E-state index contributed by atoms with van der Waals surface area (Å²) in [6.45, 7) is 6.77. The van der Waals surface area contributed by atoms with E-state index in [4.69, 9.17) is 18.0 Å². The van der Waals surface area contributed by atoms with Gasteiger partial charge in [0.1, 0.15) is 0 Å². The fourth-order valence-corrected chi connectivity index (χ4v) is 1.91. The molecule has 0 aromatic carbocycles. The Bertz CT molecular complexity index is 178. The van der Waals surface area contributed by atoms with Gasteiger partial charge in [-0.05, 0) is 32.2 Å². The Kier molecular flexibility index (Phi) is 4.13. The molecule has 1 fully saturated rings. The molecule has 76 valence electrons. The number of hydrogen-bond donors (Lipinski definition) is 1. The molecule has 1 saturated carbocycles. The minimum absolute atomic E-state index is 0.517. The van der Waals surface area contributed by atoms with E-state index in [1.165, 1.54) is 19.4 Å². The Hall–Kier alpha value is -0.150. The van der Waals surface area contributed by atoms with Crippen molar-refractivity contribution in [2.24, 2.45) is 11.7 Å². The van der Waals surface area contributed by atoms with E-state index in [-0.39, 0.29) is 0 Å². The normalized spacial score (nSPS) is 19.0. The first-order chi connectivity index (χ1) is 6.13. The molecule has 2 nitrogen and oxygen atoms in total. The molecule has 1 atom stereocenters. The zero-order chi connectivity index (χ0) is 9.84. The summed E-state index contributed by atoms with van der Waals surface area (Å²) in [5.41, 5.74) is 5.54. The van der Waals surface area contributed by atoms with Crippen LogP contribution in [0.25, 0.3) is 0 Å². The second-order valence-electron chi connectivity index (χ2n) is 4.05. The minimum Gasteiger partial charge on any atom is -0.393 e. The molecule has 0 radical (unpaired) electrons. The summed E-state index contributed by atoms with van der Waals surface area (Å²) < 4.78 is 0. The van der Waals surface area contributed by atoms with Crippen LogP contribution in [0.2, 0.25) is 0 Å². The van der Waals surface area contributed by atoms with Gasteiger partial charge in [0, 0.05) is 19.0 Å². The Morgan fingerprint density at radius 3 is 2.62 bits per heavy atom. The summed E-state index contributed by atoms with van der Waals surface area (Å²) in [7, 11) is 0. The van der Waals surface area contributed by atoms with Gasteiger partial charge >= 0.3 is 0 Å². The molecule has 1 rings (SSSR count). The predicted octanol–water partition coefficient (Wildman–Crippen LogP) is 1.78. The summed E-state index contributed by atoms with van der Waals surface area (Å²) in [5, 5.41) is 0. The van der Waals surface area contributed by atoms with Crippen LogP contribution in [-0.2, 0) is 0 Å². The number of thiocarbonyl (C=S) groups is 1. The van der Waals surface area contributed by atoms with Gasteiger partial charge in [-0.2, -0.15) is 0 Å². The van der Waals surface area contributed by atoms with Gasteiger partial charge in [-0.25, -0.2) is 0 Å². The number of rotatable bonds is 6. The molecule has 1 aliphatic carbocycles. The number of nitrogens with zero attached hydrogens (tertiary/aromatic N) is 1. The third-order valence-corrected chi connectivity index (χ3v) is 2.88. The van der Waals surface area contributed by atoms with E-state index < -0.39 is 0 Å². The lowest BCUT2D eigenvalue weighted by atomic mass is 10.2. The molecule has 1 unspecified atom stereocenters. The molecule has 0 heterocycles.